The van der Waals surface area contributed by atoms with Crippen LogP contribution in [0.25, 0.3) is 0 Å². The van der Waals surface area contributed by atoms with E-state index in [2.05, 4.69) is 0 Å². The first-order valence-corrected chi connectivity index (χ1v) is 7.24. The van der Waals surface area contributed by atoms with Gasteiger partial charge in [0.25, 0.3) is 0 Å². The van der Waals surface area contributed by atoms with Gasteiger partial charge in [-0.25, -0.2) is 0 Å². The zero-order valence-electron chi connectivity index (χ0n) is 11.4. The normalized spacial score (nSPS) is 48.6. The van der Waals surface area contributed by atoms with Gasteiger partial charge in [-0.1, -0.05) is 25.0 Å². The molecule has 0 radical (unpaired) electrons. The fraction of sp³-hybridized carbons (Fsp3) is 0.733. The summed E-state index contributed by atoms with van der Waals surface area (Å²) in [6.07, 6.45) is 8.13. The predicted molar refractivity (Wildman–Crippen MR) is 68.1 cm³/mol. The lowest BCUT2D eigenvalue weighted by molar-refractivity contribution is -0.148. The van der Waals surface area contributed by atoms with Crippen molar-refractivity contribution in [1.82, 2.24) is 4.90 Å². The van der Waals surface area contributed by atoms with Gasteiger partial charge in [-0.2, -0.15) is 0 Å². The number of amides is 2. The molecule has 0 N–H and O–H groups in total. The fourth-order valence-corrected chi connectivity index (χ4v) is 4.58. The van der Waals surface area contributed by atoms with Crippen LogP contribution < -0.4 is 0 Å². The van der Waals surface area contributed by atoms with Crippen LogP contribution in [0.5, 0.6) is 0 Å². The van der Waals surface area contributed by atoms with Crippen LogP contribution >= 0.6 is 0 Å². The number of hydrogen-bond acceptors (Lipinski definition) is 3. The van der Waals surface area contributed by atoms with Crippen LogP contribution in [0.4, 0.5) is 0 Å². The molecular formula is C15H19NO3. The Labute approximate surface area is 112 Å². The van der Waals surface area contributed by atoms with E-state index in [-0.39, 0.29) is 29.7 Å². The molecule has 19 heavy (non-hydrogen) atoms. The number of hydrogen-bond donors (Lipinski definition) is 0. The summed E-state index contributed by atoms with van der Waals surface area (Å²) in [5.74, 6) is -0.624. The summed E-state index contributed by atoms with van der Waals surface area (Å²) in [6, 6.07) is 0.136. The Balaban J connectivity index is 1.75. The van der Waals surface area contributed by atoms with Crippen LogP contribution in [0, 0.1) is 11.8 Å². The molecule has 4 heteroatoms. The lowest BCUT2D eigenvalue weighted by Gasteiger charge is -2.28. The Morgan fingerprint density at radius 1 is 1.05 bits per heavy atom. The second kappa shape index (κ2) is 3.29. The summed E-state index contributed by atoms with van der Waals surface area (Å²) in [5, 5.41) is 0. The highest BCUT2D eigenvalue weighted by Gasteiger charge is 2.70. The Morgan fingerprint density at radius 3 is 2.00 bits per heavy atom. The third-order valence-corrected chi connectivity index (χ3v) is 5.45. The van der Waals surface area contributed by atoms with Crippen LogP contribution in [0.3, 0.4) is 0 Å². The summed E-state index contributed by atoms with van der Waals surface area (Å²) in [7, 11) is 0. The first-order valence-electron chi connectivity index (χ1n) is 7.24. The van der Waals surface area contributed by atoms with Crippen LogP contribution in [0.1, 0.15) is 39.5 Å². The van der Waals surface area contributed by atoms with Crippen molar-refractivity contribution in [2.45, 2.75) is 56.8 Å². The third-order valence-electron chi connectivity index (χ3n) is 5.45. The second-order valence-electron chi connectivity index (χ2n) is 6.74. The molecule has 4 nitrogen and oxygen atoms in total. The molecule has 0 unspecified atom stereocenters. The minimum atomic E-state index is -0.584. The molecule has 4 aliphatic rings. The Bertz CT molecular complexity index is 472. The topological polar surface area (TPSA) is 46.6 Å². The Hall–Kier alpha value is -1.16. The summed E-state index contributed by atoms with van der Waals surface area (Å²) in [4.78, 5) is 27.0. The van der Waals surface area contributed by atoms with E-state index in [1.54, 1.807) is 4.90 Å². The molecule has 3 aliphatic heterocycles. The fourth-order valence-electron chi connectivity index (χ4n) is 4.58. The second-order valence-corrected chi connectivity index (χ2v) is 6.74. The maximum atomic E-state index is 12.7. The summed E-state index contributed by atoms with van der Waals surface area (Å²) < 4.78 is 5.99. The zero-order chi connectivity index (χ0) is 13.4. The average Bonchev–Trinajstić information content (AvgIpc) is 3.03. The standard InChI is InChI=1S/C15H19NO3/c1-14-7-8-15(2,19-14)11-10(14)12(17)16(13(11)18)9-5-3-4-6-9/h7-11H,3-6H2,1-2H3/t10-,11-,14+,15+/m1/s1. The number of fused-ring (bicyclic) bond motifs is 5. The van der Waals surface area contributed by atoms with Gasteiger partial charge in [0.15, 0.2) is 0 Å². The van der Waals surface area contributed by atoms with Crippen molar-refractivity contribution in [3.8, 4) is 0 Å². The molecule has 0 aromatic rings. The average molecular weight is 261 g/mol. The zero-order valence-corrected chi connectivity index (χ0v) is 11.4. The highest BCUT2D eigenvalue weighted by molar-refractivity contribution is 6.07. The van der Waals surface area contributed by atoms with E-state index in [1.807, 2.05) is 26.0 Å². The molecule has 4 atom stereocenters. The first kappa shape index (κ1) is 11.6. The molecule has 2 amide bonds. The molecule has 0 spiro atoms. The molecule has 102 valence electrons. The lowest BCUT2D eigenvalue weighted by Crippen LogP contribution is -2.44. The number of nitrogens with zero attached hydrogens (tertiary/aromatic N) is 1. The Kier molecular flexibility index (Phi) is 2.02. The smallest absolute Gasteiger partial charge is 0.236 e. The highest BCUT2D eigenvalue weighted by Crippen LogP contribution is 2.57. The highest BCUT2D eigenvalue weighted by atomic mass is 16.5. The van der Waals surface area contributed by atoms with E-state index in [0.29, 0.717) is 0 Å². The van der Waals surface area contributed by atoms with E-state index in [0.717, 1.165) is 25.7 Å². The van der Waals surface area contributed by atoms with Crippen molar-refractivity contribution in [3.05, 3.63) is 12.2 Å². The lowest BCUT2D eigenvalue weighted by atomic mass is 9.73. The number of likely N-dealkylation sites (tertiary alicyclic amines) is 1. The Morgan fingerprint density at radius 2 is 1.53 bits per heavy atom. The SMILES string of the molecule is C[C@@]12C=C[C@](C)(O1)[C@H]1C(=O)N(C3CCCC3)C(=O)[C@@H]12. The molecule has 1 aliphatic carbocycles. The number of carbonyl (C=O) groups is 2. The predicted octanol–water partition coefficient (Wildman–Crippen LogP) is 1.65. The van der Waals surface area contributed by atoms with Crippen LogP contribution in [0.15, 0.2) is 12.2 Å². The molecule has 4 rings (SSSR count). The maximum Gasteiger partial charge on any atom is 0.236 e. The monoisotopic (exact) mass is 261 g/mol. The van der Waals surface area contributed by atoms with Gasteiger partial charge >= 0.3 is 0 Å². The summed E-state index contributed by atoms with van der Waals surface area (Å²) in [6.45, 7) is 3.87. The van der Waals surface area contributed by atoms with E-state index in [9.17, 15) is 9.59 Å². The minimum Gasteiger partial charge on any atom is -0.359 e. The van der Waals surface area contributed by atoms with Gasteiger partial charge in [-0.15, -0.1) is 0 Å². The molecule has 3 fully saturated rings. The largest absolute Gasteiger partial charge is 0.359 e. The number of rotatable bonds is 1. The maximum absolute atomic E-state index is 12.7. The van der Waals surface area contributed by atoms with Gasteiger partial charge in [0, 0.05) is 6.04 Å². The number of ether oxygens (including phenoxy) is 1. The number of carbonyl (C=O) groups excluding carboxylic acids is 2. The van der Waals surface area contributed by atoms with Gasteiger partial charge < -0.3 is 4.74 Å². The summed E-state index contributed by atoms with van der Waals surface area (Å²) >= 11 is 0. The van der Waals surface area contributed by atoms with Crippen molar-refractivity contribution in [2.24, 2.45) is 11.8 Å². The quantitative estimate of drug-likeness (QED) is 0.532. The van der Waals surface area contributed by atoms with E-state index < -0.39 is 11.2 Å². The molecule has 2 bridgehead atoms. The van der Waals surface area contributed by atoms with Crippen molar-refractivity contribution in [1.29, 1.82) is 0 Å². The minimum absolute atomic E-state index is 0.00234. The molecular weight excluding hydrogens is 242 g/mol. The third kappa shape index (κ3) is 1.23. The number of imide groups is 1. The van der Waals surface area contributed by atoms with Gasteiger partial charge in [-0.05, 0) is 26.7 Å². The van der Waals surface area contributed by atoms with Gasteiger partial charge in [0.2, 0.25) is 11.8 Å². The molecule has 1 saturated carbocycles. The molecule has 0 aromatic carbocycles. The van der Waals surface area contributed by atoms with E-state index in [1.165, 1.54) is 0 Å². The van der Waals surface area contributed by atoms with Crippen LogP contribution in [-0.4, -0.2) is 34.0 Å². The molecule has 3 heterocycles. The van der Waals surface area contributed by atoms with Gasteiger partial charge in [0.1, 0.15) is 0 Å². The van der Waals surface area contributed by atoms with Crippen molar-refractivity contribution < 1.29 is 14.3 Å². The van der Waals surface area contributed by atoms with Crippen molar-refractivity contribution in [2.75, 3.05) is 0 Å². The first-order chi connectivity index (χ1) is 8.96. The molecule has 0 aromatic heterocycles. The van der Waals surface area contributed by atoms with Gasteiger partial charge in [0.05, 0.1) is 23.0 Å². The summed E-state index contributed by atoms with van der Waals surface area (Å²) in [5.41, 5.74) is -1.17. The van der Waals surface area contributed by atoms with Crippen molar-refractivity contribution >= 4 is 11.8 Å². The van der Waals surface area contributed by atoms with E-state index >= 15 is 0 Å². The molecule has 2 saturated heterocycles. The van der Waals surface area contributed by atoms with Crippen LogP contribution in [0.2, 0.25) is 0 Å². The van der Waals surface area contributed by atoms with E-state index in [4.69, 9.17) is 4.74 Å². The van der Waals surface area contributed by atoms with Gasteiger partial charge in [-0.3, -0.25) is 14.5 Å². The van der Waals surface area contributed by atoms with Crippen molar-refractivity contribution in [3.63, 3.8) is 0 Å². The van der Waals surface area contributed by atoms with Crippen LogP contribution in [-0.2, 0) is 14.3 Å².